The first-order valence-corrected chi connectivity index (χ1v) is 6.97. The molecule has 0 aromatic heterocycles. The molecule has 0 saturated carbocycles. The van der Waals surface area contributed by atoms with Gasteiger partial charge in [-0.15, -0.1) is 0 Å². The zero-order chi connectivity index (χ0) is 16.5. The summed E-state index contributed by atoms with van der Waals surface area (Å²) < 4.78 is 10.1. The van der Waals surface area contributed by atoms with Crippen molar-refractivity contribution < 1.29 is 19.1 Å². The number of esters is 1. The van der Waals surface area contributed by atoms with E-state index in [0.717, 1.165) is 5.56 Å². The van der Waals surface area contributed by atoms with E-state index in [1.807, 2.05) is 19.1 Å². The van der Waals surface area contributed by atoms with Gasteiger partial charge in [0.15, 0.2) is 13.2 Å². The molecule has 0 atom stereocenters. The van der Waals surface area contributed by atoms with Gasteiger partial charge in [0.05, 0.1) is 17.5 Å². The van der Waals surface area contributed by atoms with Gasteiger partial charge in [-0.2, -0.15) is 5.26 Å². The van der Waals surface area contributed by atoms with Crippen molar-refractivity contribution in [1.82, 2.24) is 4.90 Å². The van der Waals surface area contributed by atoms with Gasteiger partial charge in [0.1, 0.15) is 5.75 Å². The number of carbonyl (C=O) groups excluding carboxylic acids is 2. The molecule has 118 valence electrons. The third-order valence-electron chi connectivity index (χ3n) is 2.77. The summed E-state index contributed by atoms with van der Waals surface area (Å²) >= 11 is 5.93. The third-order valence-corrected chi connectivity index (χ3v) is 3.09. The molecule has 0 unspecified atom stereocenters. The Labute approximate surface area is 134 Å². The average Bonchev–Trinajstić information content (AvgIpc) is 2.50. The molecule has 0 radical (unpaired) electrons. The molecule has 1 rings (SSSR count). The second-order valence-corrected chi connectivity index (χ2v) is 5.01. The van der Waals surface area contributed by atoms with Crippen LogP contribution < -0.4 is 4.74 Å². The Morgan fingerprint density at radius 2 is 2.09 bits per heavy atom. The van der Waals surface area contributed by atoms with Gasteiger partial charge in [-0.3, -0.25) is 4.79 Å². The number of hydrogen-bond donors (Lipinski definition) is 0. The minimum atomic E-state index is -0.667. The van der Waals surface area contributed by atoms with E-state index in [1.54, 1.807) is 12.1 Å². The fraction of sp³-hybridized carbons (Fsp3) is 0.400. The summed E-state index contributed by atoms with van der Waals surface area (Å²) in [5.74, 6) is -0.659. The lowest BCUT2D eigenvalue weighted by molar-refractivity contribution is -0.153. The van der Waals surface area contributed by atoms with Crippen LogP contribution in [0.1, 0.15) is 12.0 Å². The maximum absolute atomic E-state index is 11.6. The minimum Gasteiger partial charge on any atom is -0.480 e. The van der Waals surface area contributed by atoms with Crippen molar-refractivity contribution in [2.75, 3.05) is 26.8 Å². The predicted octanol–water partition coefficient (Wildman–Crippen LogP) is 1.94. The van der Waals surface area contributed by atoms with Crippen LogP contribution in [-0.2, 0) is 14.3 Å². The van der Waals surface area contributed by atoms with Crippen LogP contribution in [0.2, 0.25) is 5.02 Å². The van der Waals surface area contributed by atoms with Gasteiger partial charge in [0.25, 0.3) is 5.91 Å². The molecule has 0 aliphatic carbocycles. The number of halogens is 1. The van der Waals surface area contributed by atoms with Gasteiger partial charge >= 0.3 is 5.97 Å². The van der Waals surface area contributed by atoms with E-state index in [4.69, 9.17) is 26.3 Å². The van der Waals surface area contributed by atoms with Crippen LogP contribution in [0.3, 0.4) is 0 Å². The largest absolute Gasteiger partial charge is 0.480 e. The van der Waals surface area contributed by atoms with E-state index in [1.165, 1.54) is 11.9 Å². The van der Waals surface area contributed by atoms with Gasteiger partial charge in [0.2, 0.25) is 0 Å². The molecular formula is C15H17ClN2O4. The molecule has 7 heteroatoms. The van der Waals surface area contributed by atoms with Crippen LogP contribution in [0.15, 0.2) is 18.2 Å². The second kappa shape index (κ2) is 8.90. The Kier molecular flexibility index (Phi) is 7.20. The van der Waals surface area contributed by atoms with E-state index >= 15 is 0 Å². The molecule has 0 spiro atoms. The van der Waals surface area contributed by atoms with Gasteiger partial charge in [-0.25, -0.2) is 4.79 Å². The number of likely N-dealkylation sites (N-methyl/N-ethyl adjacent to an activating group) is 1. The van der Waals surface area contributed by atoms with Crippen LogP contribution >= 0.6 is 11.6 Å². The van der Waals surface area contributed by atoms with E-state index in [-0.39, 0.29) is 25.5 Å². The summed E-state index contributed by atoms with van der Waals surface area (Å²) in [4.78, 5) is 24.5. The van der Waals surface area contributed by atoms with Crippen molar-refractivity contribution in [2.24, 2.45) is 0 Å². The maximum Gasteiger partial charge on any atom is 0.344 e. The highest BCUT2D eigenvalue weighted by Gasteiger charge is 2.13. The molecule has 0 heterocycles. The Bertz CT molecular complexity index is 583. The zero-order valence-electron chi connectivity index (χ0n) is 12.5. The van der Waals surface area contributed by atoms with E-state index in [2.05, 4.69) is 0 Å². The SMILES string of the molecule is Cc1ccc(Cl)c(OCC(=O)OCC(=O)N(C)CCC#N)c1. The lowest BCUT2D eigenvalue weighted by Crippen LogP contribution is -2.32. The van der Waals surface area contributed by atoms with E-state index in [9.17, 15) is 9.59 Å². The van der Waals surface area contributed by atoms with E-state index < -0.39 is 5.97 Å². The van der Waals surface area contributed by atoms with Crippen LogP contribution in [0.4, 0.5) is 0 Å². The van der Waals surface area contributed by atoms with Crippen molar-refractivity contribution in [2.45, 2.75) is 13.3 Å². The summed E-state index contributed by atoms with van der Waals surface area (Å²) in [6.07, 6.45) is 0.227. The molecule has 1 amide bonds. The summed E-state index contributed by atoms with van der Waals surface area (Å²) in [5, 5.41) is 8.83. The average molecular weight is 325 g/mol. The Balaban J connectivity index is 2.36. The topological polar surface area (TPSA) is 79.6 Å². The molecule has 1 aromatic carbocycles. The molecule has 0 aliphatic rings. The smallest absolute Gasteiger partial charge is 0.344 e. The van der Waals surface area contributed by atoms with Gasteiger partial charge in [-0.05, 0) is 24.6 Å². The van der Waals surface area contributed by atoms with Gasteiger partial charge in [0, 0.05) is 13.6 Å². The quantitative estimate of drug-likeness (QED) is 0.716. The number of benzene rings is 1. The number of nitriles is 1. The summed E-state index contributed by atoms with van der Waals surface area (Å²) in [6, 6.07) is 7.13. The highest BCUT2D eigenvalue weighted by molar-refractivity contribution is 6.32. The van der Waals surface area contributed by atoms with Crippen molar-refractivity contribution in [1.29, 1.82) is 5.26 Å². The lowest BCUT2D eigenvalue weighted by atomic mass is 10.2. The Hall–Kier alpha value is -2.26. The van der Waals surface area contributed by atoms with Crippen molar-refractivity contribution in [3.8, 4) is 11.8 Å². The molecule has 1 aromatic rings. The minimum absolute atomic E-state index is 0.227. The number of amides is 1. The molecule has 0 saturated heterocycles. The van der Waals surface area contributed by atoms with Crippen LogP contribution in [0, 0.1) is 18.3 Å². The molecule has 0 fully saturated rings. The van der Waals surface area contributed by atoms with Crippen LogP contribution in [0.5, 0.6) is 5.75 Å². The Morgan fingerprint density at radius 3 is 2.77 bits per heavy atom. The highest BCUT2D eigenvalue weighted by atomic mass is 35.5. The molecular weight excluding hydrogens is 308 g/mol. The number of nitrogens with zero attached hydrogens (tertiary/aromatic N) is 2. The third kappa shape index (κ3) is 6.02. The number of ether oxygens (including phenoxy) is 2. The van der Waals surface area contributed by atoms with Crippen molar-refractivity contribution >= 4 is 23.5 Å². The standard InChI is InChI=1S/C15H17ClN2O4/c1-11-4-5-12(16)13(8-11)21-10-15(20)22-9-14(19)18(2)7-3-6-17/h4-5,8H,3,7,9-10H2,1-2H3. The molecule has 0 bridgehead atoms. The normalized spacial score (nSPS) is 9.73. The molecule has 0 N–H and O–H groups in total. The molecule has 0 aliphatic heterocycles. The fourth-order valence-electron chi connectivity index (χ4n) is 1.49. The summed E-state index contributed by atoms with van der Waals surface area (Å²) in [5.41, 5.74) is 0.946. The molecule has 6 nitrogen and oxygen atoms in total. The number of rotatable bonds is 7. The van der Waals surface area contributed by atoms with Crippen molar-refractivity contribution in [3.05, 3.63) is 28.8 Å². The summed E-state index contributed by atoms with van der Waals surface area (Å²) in [6.45, 7) is 1.45. The van der Waals surface area contributed by atoms with Gasteiger partial charge < -0.3 is 14.4 Å². The fourth-order valence-corrected chi connectivity index (χ4v) is 1.67. The van der Waals surface area contributed by atoms with E-state index in [0.29, 0.717) is 17.3 Å². The first-order chi connectivity index (χ1) is 10.4. The summed E-state index contributed by atoms with van der Waals surface area (Å²) in [7, 11) is 1.54. The first kappa shape index (κ1) is 17.8. The van der Waals surface area contributed by atoms with Gasteiger partial charge in [-0.1, -0.05) is 17.7 Å². The van der Waals surface area contributed by atoms with Crippen LogP contribution in [-0.4, -0.2) is 43.6 Å². The Morgan fingerprint density at radius 1 is 1.36 bits per heavy atom. The number of carbonyl (C=O) groups is 2. The second-order valence-electron chi connectivity index (χ2n) is 4.61. The molecule has 22 heavy (non-hydrogen) atoms. The number of aryl methyl sites for hydroxylation is 1. The highest BCUT2D eigenvalue weighted by Crippen LogP contribution is 2.25. The lowest BCUT2D eigenvalue weighted by Gasteiger charge is -2.15. The zero-order valence-corrected chi connectivity index (χ0v) is 13.2. The predicted molar refractivity (Wildman–Crippen MR) is 80.5 cm³/mol. The van der Waals surface area contributed by atoms with Crippen LogP contribution in [0.25, 0.3) is 0 Å². The van der Waals surface area contributed by atoms with Crippen molar-refractivity contribution in [3.63, 3.8) is 0 Å². The maximum atomic E-state index is 11.6. The first-order valence-electron chi connectivity index (χ1n) is 6.59. The number of hydrogen-bond acceptors (Lipinski definition) is 5. The monoisotopic (exact) mass is 324 g/mol.